The topological polar surface area (TPSA) is 110 Å². The van der Waals surface area contributed by atoms with Gasteiger partial charge in [0, 0.05) is 6.04 Å². The average Bonchev–Trinajstić information content (AvgIpc) is 3.36. The van der Waals surface area contributed by atoms with Crippen molar-refractivity contribution in [2.24, 2.45) is 0 Å². The lowest BCUT2D eigenvalue weighted by molar-refractivity contribution is -0.127. The summed E-state index contributed by atoms with van der Waals surface area (Å²) in [6, 6.07) is 4.16. The number of carbonyl (C=O) groups excluding carboxylic acids is 1. The van der Waals surface area contributed by atoms with Crippen molar-refractivity contribution in [2.45, 2.75) is 36.8 Å². The largest absolute Gasteiger partial charge is 0.476 e. The first kappa shape index (κ1) is 18.0. The van der Waals surface area contributed by atoms with Crippen molar-refractivity contribution in [3.63, 3.8) is 0 Å². The Morgan fingerprint density at radius 3 is 2.52 bits per heavy atom. The minimum absolute atomic E-state index is 0.0203. The first-order valence-electron chi connectivity index (χ1n) is 7.93. The number of hydrogen-bond acceptors (Lipinski definition) is 6. The van der Waals surface area contributed by atoms with Gasteiger partial charge in [0.15, 0.2) is 15.9 Å². The van der Waals surface area contributed by atoms with E-state index in [1.54, 1.807) is 0 Å². The van der Waals surface area contributed by atoms with Gasteiger partial charge >= 0.3 is 0 Å². The van der Waals surface area contributed by atoms with E-state index >= 15 is 0 Å². The third-order valence-electron chi connectivity index (χ3n) is 4.16. The molecule has 1 N–H and O–H groups in total. The van der Waals surface area contributed by atoms with Gasteiger partial charge in [-0.2, -0.15) is 0 Å². The fourth-order valence-corrected chi connectivity index (χ4v) is 4.37. The molecular weight excluding hydrogens is 368 g/mol. The summed E-state index contributed by atoms with van der Waals surface area (Å²) in [5, 5.41) is 2.79. The van der Waals surface area contributed by atoms with Crippen molar-refractivity contribution in [1.82, 2.24) is 5.32 Å². The average molecular weight is 388 g/mol. The molecule has 1 aliphatic carbocycles. The summed E-state index contributed by atoms with van der Waals surface area (Å²) in [7, 11) is -7.20. The first-order valence-corrected chi connectivity index (χ1v) is 11.4. The molecule has 1 aromatic carbocycles. The molecule has 3 rings (SSSR count). The second-order valence-corrected chi connectivity index (χ2v) is 10.4. The minimum Gasteiger partial charge on any atom is -0.476 e. The standard InChI is InChI=1S/C15H20N2O6S2/c1-3-25(21,22)11-6-7-13-12(8-11)17(24(2,19)20)9-14(23-13)15(18)16-10-4-5-10/h6-8,10,14H,3-5,9H2,1-2H3,(H,16,18)/t14-/m0/s1. The third kappa shape index (κ3) is 3.74. The number of sulfonamides is 1. The number of nitrogens with one attached hydrogen (secondary N) is 1. The van der Waals surface area contributed by atoms with Gasteiger partial charge in [0.2, 0.25) is 10.0 Å². The molecule has 10 heteroatoms. The van der Waals surface area contributed by atoms with Crippen LogP contribution in [-0.2, 0) is 24.7 Å². The SMILES string of the molecule is CCS(=O)(=O)c1ccc2c(c1)N(S(C)(=O)=O)C[C@@H](C(=O)NC1CC1)O2. The van der Waals surface area contributed by atoms with E-state index in [-0.39, 0.29) is 40.6 Å². The quantitative estimate of drug-likeness (QED) is 0.776. The molecule has 0 bridgehead atoms. The maximum Gasteiger partial charge on any atom is 0.263 e. The van der Waals surface area contributed by atoms with E-state index < -0.39 is 26.0 Å². The van der Waals surface area contributed by atoms with Crippen molar-refractivity contribution in [2.75, 3.05) is 22.9 Å². The van der Waals surface area contributed by atoms with Crippen LogP contribution in [0.3, 0.4) is 0 Å². The number of ether oxygens (including phenoxy) is 1. The Morgan fingerprint density at radius 1 is 1.28 bits per heavy atom. The molecule has 1 amide bonds. The fraction of sp³-hybridized carbons (Fsp3) is 0.533. The zero-order valence-corrected chi connectivity index (χ0v) is 15.6. The molecule has 0 radical (unpaired) electrons. The molecule has 0 aromatic heterocycles. The summed E-state index contributed by atoms with van der Waals surface area (Å²) in [5.41, 5.74) is 0.132. The normalized spacial score (nSPS) is 20.6. The Bertz CT molecular complexity index is 906. The van der Waals surface area contributed by atoms with Crippen molar-refractivity contribution in [3.05, 3.63) is 18.2 Å². The van der Waals surface area contributed by atoms with Crippen LogP contribution in [0.15, 0.2) is 23.1 Å². The van der Waals surface area contributed by atoms with E-state index in [4.69, 9.17) is 4.74 Å². The second-order valence-electron chi connectivity index (χ2n) is 6.22. The lowest BCUT2D eigenvalue weighted by Gasteiger charge is -2.34. The molecule has 0 unspecified atom stereocenters. The Labute approximate surface area is 147 Å². The van der Waals surface area contributed by atoms with Gasteiger partial charge in [-0.1, -0.05) is 6.92 Å². The van der Waals surface area contributed by atoms with Crippen molar-refractivity contribution in [3.8, 4) is 5.75 Å². The van der Waals surface area contributed by atoms with E-state index in [1.807, 2.05) is 0 Å². The number of rotatable bonds is 5. The number of benzene rings is 1. The molecule has 25 heavy (non-hydrogen) atoms. The van der Waals surface area contributed by atoms with E-state index in [1.165, 1.54) is 25.1 Å². The predicted octanol–water partition coefficient (Wildman–Crippen LogP) is 0.286. The molecule has 0 saturated heterocycles. The van der Waals surface area contributed by atoms with Crippen LogP contribution in [0, 0.1) is 0 Å². The summed E-state index contributed by atoms with van der Waals surface area (Å²) in [6.07, 6.45) is 1.85. The highest BCUT2D eigenvalue weighted by molar-refractivity contribution is 7.92. The Hall–Kier alpha value is -1.81. The van der Waals surface area contributed by atoms with Crippen LogP contribution < -0.4 is 14.4 Å². The number of carbonyl (C=O) groups is 1. The van der Waals surface area contributed by atoms with Crippen LogP contribution >= 0.6 is 0 Å². The number of anilines is 1. The van der Waals surface area contributed by atoms with Crippen molar-refractivity contribution >= 4 is 31.5 Å². The van der Waals surface area contributed by atoms with Crippen molar-refractivity contribution < 1.29 is 26.4 Å². The lowest BCUT2D eigenvalue weighted by atomic mass is 10.2. The molecule has 2 aliphatic rings. The summed E-state index contributed by atoms with van der Waals surface area (Å²) in [6.45, 7) is 1.32. The summed E-state index contributed by atoms with van der Waals surface area (Å²) < 4.78 is 55.1. The maximum atomic E-state index is 12.2. The van der Waals surface area contributed by atoms with Crippen molar-refractivity contribution in [1.29, 1.82) is 0 Å². The Kier molecular flexibility index (Phi) is 4.44. The smallest absolute Gasteiger partial charge is 0.263 e. The molecule has 0 spiro atoms. The molecule has 1 atom stereocenters. The fourth-order valence-electron chi connectivity index (χ4n) is 2.56. The molecular formula is C15H20N2O6S2. The second kappa shape index (κ2) is 6.17. The molecule has 1 heterocycles. The third-order valence-corrected chi connectivity index (χ3v) is 7.03. The summed E-state index contributed by atoms with van der Waals surface area (Å²) >= 11 is 0. The Balaban J connectivity index is 1.99. The maximum absolute atomic E-state index is 12.2. The number of sulfone groups is 1. The van der Waals surface area contributed by atoms with Gasteiger partial charge in [-0.05, 0) is 31.0 Å². The molecule has 138 valence electrons. The first-order chi connectivity index (χ1) is 11.6. The number of hydrogen-bond donors (Lipinski definition) is 1. The van der Waals surface area contributed by atoms with Crippen LogP contribution in [0.25, 0.3) is 0 Å². The van der Waals surface area contributed by atoms with Crippen LogP contribution in [0.2, 0.25) is 0 Å². The summed E-state index contributed by atoms with van der Waals surface area (Å²) in [4.78, 5) is 12.3. The highest BCUT2D eigenvalue weighted by atomic mass is 32.2. The number of amides is 1. The van der Waals surface area contributed by atoms with E-state index in [0.717, 1.165) is 23.4 Å². The number of fused-ring (bicyclic) bond motifs is 1. The van der Waals surface area contributed by atoms with E-state index in [2.05, 4.69) is 5.32 Å². The highest BCUT2D eigenvalue weighted by Gasteiger charge is 2.37. The lowest BCUT2D eigenvalue weighted by Crippen LogP contribution is -2.50. The van der Waals surface area contributed by atoms with E-state index in [9.17, 15) is 21.6 Å². The van der Waals surface area contributed by atoms with Gasteiger partial charge in [0.1, 0.15) is 5.75 Å². The van der Waals surface area contributed by atoms with Crippen LogP contribution in [-0.4, -0.2) is 53.4 Å². The highest BCUT2D eigenvalue weighted by Crippen LogP contribution is 2.37. The van der Waals surface area contributed by atoms with Gasteiger partial charge < -0.3 is 10.1 Å². The molecule has 1 saturated carbocycles. The molecule has 8 nitrogen and oxygen atoms in total. The predicted molar refractivity (Wildman–Crippen MR) is 91.9 cm³/mol. The molecule has 1 aromatic rings. The van der Waals surface area contributed by atoms with Crippen LogP contribution in [0.1, 0.15) is 19.8 Å². The zero-order valence-electron chi connectivity index (χ0n) is 13.9. The Morgan fingerprint density at radius 2 is 1.96 bits per heavy atom. The number of nitrogens with zero attached hydrogens (tertiary/aromatic N) is 1. The van der Waals surface area contributed by atoms with Gasteiger partial charge in [-0.25, -0.2) is 16.8 Å². The minimum atomic E-state index is -3.71. The zero-order chi connectivity index (χ0) is 18.4. The van der Waals surface area contributed by atoms with Gasteiger partial charge in [-0.15, -0.1) is 0 Å². The van der Waals surface area contributed by atoms with Gasteiger partial charge in [-0.3, -0.25) is 9.10 Å². The van der Waals surface area contributed by atoms with Crippen LogP contribution in [0.4, 0.5) is 5.69 Å². The van der Waals surface area contributed by atoms with Gasteiger partial charge in [0.05, 0.1) is 29.1 Å². The summed E-state index contributed by atoms with van der Waals surface area (Å²) in [5.74, 6) is -0.299. The van der Waals surface area contributed by atoms with E-state index in [0.29, 0.717) is 0 Å². The molecule has 1 fully saturated rings. The van der Waals surface area contributed by atoms with Gasteiger partial charge in [0.25, 0.3) is 5.91 Å². The van der Waals surface area contributed by atoms with Crippen LogP contribution in [0.5, 0.6) is 5.75 Å². The monoisotopic (exact) mass is 388 g/mol. The molecule has 1 aliphatic heterocycles.